The summed E-state index contributed by atoms with van der Waals surface area (Å²) in [5.74, 6) is 1.85. The van der Waals surface area contributed by atoms with Crippen molar-refractivity contribution in [3.63, 3.8) is 0 Å². The maximum absolute atomic E-state index is 6.13. The Hall–Kier alpha value is -1.84. The molecule has 0 saturated heterocycles. The predicted octanol–water partition coefficient (Wildman–Crippen LogP) is 9.15. The smallest absolute Gasteiger partial charge is 0.127 e. The van der Waals surface area contributed by atoms with E-state index >= 15 is 0 Å². The molecule has 2 rings (SSSR count). The number of hydrogen-bond donors (Lipinski definition) is 0. The Balaban J connectivity index is 1.74. The largest absolute Gasteiger partial charge is 0.457 e. The van der Waals surface area contributed by atoms with Crippen LogP contribution < -0.4 is 4.74 Å². The fourth-order valence-electron chi connectivity index (χ4n) is 4.80. The molecule has 0 amide bonds. The average molecular weight is 509 g/mol. The molecule has 0 aliphatic carbocycles. The van der Waals surface area contributed by atoms with Crippen LogP contribution in [-0.4, -0.2) is 49.1 Å². The van der Waals surface area contributed by atoms with Crippen LogP contribution in [0.15, 0.2) is 48.5 Å². The van der Waals surface area contributed by atoms with Crippen LogP contribution >= 0.6 is 0 Å². The first-order chi connectivity index (χ1) is 18.2. The van der Waals surface area contributed by atoms with Gasteiger partial charge in [-0.3, -0.25) is 0 Å². The lowest BCUT2D eigenvalue weighted by Crippen LogP contribution is -2.27. The van der Waals surface area contributed by atoms with Crippen molar-refractivity contribution in [3.8, 4) is 11.5 Å². The fraction of sp³-hybridized carbons (Fsp3) is 0.647. The molecule has 0 N–H and O–H groups in total. The van der Waals surface area contributed by atoms with Crippen molar-refractivity contribution in [2.75, 3.05) is 39.3 Å². The molecule has 0 aromatic heterocycles. The first kappa shape index (κ1) is 31.4. The van der Waals surface area contributed by atoms with Crippen LogP contribution in [-0.2, 0) is 12.8 Å². The normalized spacial score (nSPS) is 11.5. The van der Waals surface area contributed by atoms with Gasteiger partial charge in [-0.1, -0.05) is 77.6 Å². The van der Waals surface area contributed by atoms with Gasteiger partial charge >= 0.3 is 0 Å². The molecule has 0 radical (unpaired) electrons. The van der Waals surface area contributed by atoms with Crippen LogP contribution in [0.2, 0.25) is 0 Å². The third-order valence-electron chi connectivity index (χ3n) is 7.27. The van der Waals surface area contributed by atoms with Crippen molar-refractivity contribution < 1.29 is 4.74 Å². The molecule has 0 spiro atoms. The van der Waals surface area contributed by atoms with E-state index in [4.69, 9.17) is 4.74 Å². The van der Waals surface area contributed by atoms with Crippen molar-refractivity contribution in [3.05, 3.63) is 59.7 Å². The molecule has 37 heavy (non-hydrogen) atoms. The van der Waals surface area contributed by atoms with E-state index in [9.17, 15) is 0 Å². The molecule has 0 aliphatic rings. The fourth-order valence-corrected chi connectivity index (χ4v) is 4.80. The van der Waals surface area contributed by atoms with E-state index in [1.165, 1.54) is 115 Å². The Bertz CT molecular complexity index is 703. The standard InChI is InChI=1S/C34H56N2O/c1-5-9-25-35(26-10-6-2)29-13-15-31-17-21-33(22-18-31)37-34-23-19-32(20-24-34)16-14-30-36(27-11-7-3)28-12-8-4/h17-24H,5-16,25-30H2,1-4H3. The molecule has 0 bridgehead atoms. The topological polar surface area (TPSA) is 15.7 Å². The van der Waals surface area contributed by atoms with Gasteiger partial charge in [0.15, 0.2) is 0 Å². The van der Waals surface area contributed by atoms with Crippen LogP contribution in [0.1, 0.15) is 103 Å². The zero-order valence-electron chi connectivity index (χ0n) is 24.6. The maximum Gasteiger partial charge on any atom is 0.127 e. The lowest BCUT2D eigenvalue weighted by molar-refractivity contribution is 0.262. The minimum Gasteiger partial charge on any atom is -0.457 e. The second kappa shape index (κ2) is 20.2. The van der Waals surface area contributed by atoms with E-state index in [0.717, 1.165) is 24.3 Å². The van der Waals surface area contributed by atoms with E-state index in [-0.39, 0.29) is 0 Å². The maximum atomic E-state index is 6.13. The first-order valence-electron chi connectivity index (χ1n) is 15.5. The molecule has 2 aromatic carbocycles. The van der Waals surface area contributed by atoms with E-state index in [1.54, 1.807) is 0 Å². The summed E-state index contributed by atoms with van der Waals surface area (Å²) in [6.45, 7) is 16.6. The highest BCUT2D eigenvalue weighted by atomic mass is 16.5. The van der Waals surface area contributed by atoms with Gasteiger partial charge in [0.05, 0.1) is 0 Å². The quantitative estimate of drug-likeness (QED) is 0.158. The van der Waals surface area contributed by atoms with Crippen molar-refractivity contribution in [1.82, 2.24) is 9.80 Å². The minimum atomic E-state index is 0.923. The van der Waals surface area contributed by atoms with E-state index in [0.29, 0.717) is 0 Å². The summed E-state index contributed by atoms with van der Waals surface area (Å²) in [4.78, 5) is 5.31. The summed E-state index contributed by atoms with van der Waals surface area (Å²) in [5.41, 5.74) is 2.81. The van der Waals surface area contributed by atoms with Gasteiger partial charge in [-0.15, -0.1) is 0 Å². The highest BCUT2D eigenvalue weighted by Gasteiger charge is 2.06. The van der Waals surface area contributed by atoms with Crippen LogP contribution in [0.25, 0.3) is 0 Å². The lowest BCUT2D eigenvalue weighted by atomic mass is 10.1. The van der Waals surface area contributed by atoms with Crippen LogP contribution in [0.5, 0.6) is 11.5 Å². The number of nitrogens with zero attached hydrogens (tertiary/aromatic N) is 2. The van der Waals surface area contributed by atoms with Gasteiger partial charge in [-0.25, -0.2) is 0 Å². The second-order valence-corrected chi connectivity index (χ2v) is 10.7. The second-order valence-electron chi connectivity index (χ2n) is 10.7. The monoisotopic (exact) mass is 508 g/mol. The van der Waals surface area contributed by atoms with Crippen molar-refractivity contribution in [1.29, 1.82) is 0 Å². The van der Waals surface area contributed by atoms with Gasteiger partial charge in [0.1, 0.15) is 11.5 Å². The summed E-state index contributed by atoms with van der Waals surface area (Å²) in [5, 5.41) is 0. The summed E-state index contributed by atoms with van der Waals surface area (Å²) < 4.78 is 6.13. The van der Waals surface area contributed by atoms with Crippen molar-refractivity contribution >= 4 is 0 Å². The van der Waals surface area contributed by atoms with Crippen LogP contribution in [0.4, 0.5) is 0 Å². The van der Waals surface area contributed by atoms with Gasteiger partial charge in [-0.05, 0) is 126 Å². The average Bonchev–Trinajstić information content (AvgIpc) is 2.93. The number of benzene rings is 2. The third kappa shape index (κ3) is 14.0. The summed E-state index contributed by atoms with van der Waals surface area (Å²) in [6, 6.07) is 17.4. The molecular weight excluding hydrogens is 452 g/mol. The van der Waals surface area contributed by atoms with Crippen molar-refractivity contribution in [2.45, 2.75) is 105 Å². The molecule has 0 fully saturated rings. The molecule has 0 aliphatic heterocycles. The Morgan fingerprint density at radius 2 is 0.730 bits per heavy atom. The molecule has 3 nitrogen and oxygen atoms in total. The molecule has 208 valence electrons. The van der Waals surface area contributed by atoms with Gasteiger partial charge in [0, 0.05) is 0 Å². The number of ether oxygens (including phenoxy) is 1. The number of aryl methyl sites for hydroxylation is 2. The first-order valence-corrected chi connectivity index (χ1v) is 15.5. The molecule has 0 saturated carbocycles. The van der Waals surface area contributed by atoms with E-state index in [1.807, 2.05) is 0 Å². The number of unbranched alkanes of at least 4 members (excludes halogenated alkanes) is 4. The van der Waals surface area contributed by atoms with E-state index < -0.39 is 0 Å². The minimum absolute atomic E-state index is 0.923. The molecular formula is C34H56N2O. The van der Waals surface area contributed by atoms with E-state index in [2.05, 4.69) is 86.0 Å². The van der Waals surface area contributed by atoms with Gasteiger partial charge < -0.3 is 14.5 Å². The predicted molar refractivity (Wildman–Crippen MR) is 162 cm³/mol. The molecule has 3 heteroatoms. The Morgan fingerprint density at radius 1 is 0.432 bits per heavy atom. The molecule has 0 atom stereocenters. The number of hydrogen-bond acceptors (Lipinski definition) is 3. The zero-order valence-corrected chi connectivity index (χ0v) is 24.6. The SMILES string of the molecule is CCCCN(CCCC)CCCc1ccc(Oc2ccc(CCCN(CCCC)CCCC)cc2)cc1. The zero-order chi connectivity index (χ0) is 26.6. The van der Waals surface area contributed by atoms with Crippen molar-refractivity contribution in [2.24, 2.45) is 0 Å². The highest BCUT2D eigenvalue weighted by Crippen LogP contribution is 2.23. The Morgan fingerprint density at radius 3 is 1.03 bits per heavy atom. The van der Waals surface area contributed by atoms with Gasteiger partial charge in [-0.2, -0.15) is 0 Å². The summed E-state index contributed by atoms with van der Waals surface area (Å²) in [6.07, 6.45) is 15.1. The summed E-state index contributed by atoms with van der Waals surface area (Å²) in [7, 11) is 0. The highest BCUT2D eigenvalue weighted by molar-refractivity contribution is 5.34. The Labute approximate surface area is 229 Å². The lowest BCUT2D eigenvalue weighted by Gasteiger charge is -2.22. The molecule has 0 unspecified atom stereocenters. The van der Waals surface area contributed by atoms with Gasteiger partial charge in [0.2, 0.25) is 0 Å². The molecule has 2 aromatic rings. The third-order valence-corrected chi connectivity index (χ3v) is 7.27. The van der Waals surface area contributed by atoms with Crippen LogP contribution in [0.3, 0.4) is 0 Å². The van der Waals surface area contributed by atoms with Crippen LogP contribution in [0, 0.1) is 0 Å². The van der Waals surface area contributed by atoms with Gasteiger partial charge in [0.25, 0.3) is 0 Å². The summed E-state index contributed by atoms with van der Waals surface area (Å²) >= 11 is 0. The Kier molecular flexibility index (Phi) is 17.1. The molecule has 0 heterocycles. The number of rotatable bonds is 22.